The smallest absolute Gasteiger partial charge is 0.261 e. The van der Waals surface area contributed by atoms with Gasteiger partial charge in [0.25, 0.3) is 10.0 Å². The van der Waals surface area contributed by atoms with Gasteiger partial charge in [-0.05, 0) is 77.9 Å². The molecule has 0 atom stereocenters. The van der Waals surface area contributed by atoms with Crippen molar-refractivity contribution in [2.45, 2.75) is 50.0 Å². The number of aromatic nitrogens is 1. The van der Waals surface area contributed by atoms with Crippen LogP contribution in [0.2, 0.25) is 0 Å². The average Bonchev–Trinajstić information content (AvgIpc) is 3.29. The predicted octanol–water partition coefficient (Wildman–Crippen LogP) is 6.38. The maximum Gasteiger partial charge on any atom is 0.261 e. The Hall–Kier alpha value is -3.95. The summed E-state index contributed by atoms with van der Waals surface area (Å²) in [4.78, 5) is 16.1. The van der Waals surface area contributed by atoms with E-state index >= 15 is 0 Å². The van der Waals surface area contributed by atoms with Crippen LogP contribution in [0, 0.1) is 5.82 Å². The number of rotatable bonds is 7. The van der Waals surface area contributed by atoms with E-state index in [1.54, 1.807) is 48.5 Å². The van der Waals surface area contributed by atoms with Crippen molar-refractivity contribution in [3.63, 3.8) is 0 Å². The topological polar surface area (TPSA) is 100 Å². The number of ether oxygens (including phenoxy) is 1. The molecule has 7 nitrogen and oxygen atoms in total. The highest BCUT2D eigenvalue weighted by Gasteiger charge is 2.20. The van der Waals surface area contributed by atoms with Crippen LogP contribution < -0.4 is 10.0 Å². The number of fused-ring (bicyclic) bond motifs is 1. The van der Waals surface area contributed by atoms with E-state index in [9.17, 15) is 17.6 Å². The summed E-state index contributed by atoms with van der Waals surface area (Å²) in [5, 5.41) is 3.68. The summed E-state index contributed by atoms with van der Waals surface area (Å²) in [5.41, 5.74) is 3.87. The van der Waals surface area contributed by atoms with Gasteiger partial charge in [-0.1, -0.05) is 45.0 Å². The molecule has 0 radical (unpaired) electrons. The van der Waals surface area contributed by atoms with Crippen LogP contribution in [0.1, 0.15) is 44.9 Å². The van der Waals surface area contributed by atoms with Gasteiger partial charge in [0.2, 0.25) is 5.91 Å². The van der Waals surface area contributed by atoms with E-state index in [1.165, 1.54) is 18.2 Å². The third kappa shape index (κ3) is 6.69. The Balaban J connectivity index is 1.47. The summed E-state index contributed by atoms with van der Waals surface area (Å²) in [6.07, 6.45) is 4.64. The number of H-pyrrole nitrogens is 1. The Labute approximate surface area is 239 Å². The van der Waals surface area contributed by atoms with Gasteiger partial charge < -0.3 is 15.0 Å². The molecule has 1 fully saturated rings. The van der Waals surface area contributed by atoms with Gasteiger partial charge in [-0.25, -0.2) is 12.8 Å². The molecule has 214 valence electrons. The molecule has 0 unspecified atom stereocenters. The summed E-state index contributed by atoms with van der Waals surface area (Å²) in [7, 11) is -3.85. The van der Waals surface area contributed by atoms with Crippen molar-refractivity contribution in [1.29, 1.82) is 0 Å². The predicted molar refractivity (Wildman–Crippen MR) is 161 cm³/mol. The molecule has 4 aromatic rings. The van der Waals surface area contributed by atoms with Crippen LogP contribution in [0.25, 0.3) is 28.1 Å². The van der Waals surface area contributed by atoms with Crippen LogP contribution in [-0.2, 0) is 25.0 Å². The lowest BCUT2D eigenvalue weighted by molar-refractivity contribution is -0.117. The van der Waals surface area contributed by atoms with Crippen LogP contribution >= 0.6 is 0 Å². The number of hydrogen-bond acceptors (Lipinski definition) is 4. The molecule has 1 amide bonds. The number of benzene rings is 3. The summed E-state index contributed by atoms with van der Waals surface area (Å²) in [6.45, 7) is 7.45. The molecule has 0 aliphatic carbocycles. The van der Waals surface area contributed by atoms with E-state index in [2.05, 4.69) is 35.8 Å². The molecule has 5 rings (SSSR count). The molecule has 1 saturated heterocycles. The van der Waals surface area contributed by atoms with Gasteiger partial charge >= 0.3 is 0 Å². The van der Waals surface area contributed by atoms with Crippen LogP contribution in [-0.4, -0.2) is 38.6 Å². The van der Waals surface area contributed by atoms with Gasteiger partial charge in [0.05, 0.1) is 4.90 Å². The molecule has 1 aliphatic rings. The minimum atomic E-state index is -3.85. The Bertz CT molecular complexity index is 1700. The van der Waals surface area contributed by atoms with Crippen molar-refractivity contribution >= 4 is 38.6 Å². The highest BCUT2D eigenvalue weighted by Crippen LogP contribution is 2.36. The van der Waals surface area contributed by atoms with Gasteiger partial charge in [-0.3, -0.25) is 9.52 Å². The van der Waals surface area contributed by atoms with Crippen LogP contribution in [0.5, 0.6) is 0 Å². The van der Waals surface area contributed by atoms with Crippen molar-refractivity contribution < 1.29 is 22.3 Å². The van der Waals surface area contributed by atoms with Crippen molar-refractivity contribution in [2.75, 3.05) is 17.9 Å². The number of hydrogen-bond donors (Lipinski definition) is 3. The number of carbonyl (C=O) groups is 1. The van der Waals surface area contributed by atoms with E-state index in [1.807, 2.05) is 12.1 Å². The molecule has 3 aromatic carbocycles. The first-order valence-electron chi connectivity index (χ1n) is 13.6. The number of aromatic amines is 1. The molecule has 1 aliphatic heterocycles. The molecule has 3 N–H and O–H groups in total. The zero-order valence-electron chi connectivity index (χ0n) is 23.3. The fourth-order valence-electron chi connectivity index (χ4n) is 4.95. The lowest BCUT2D eigenvalue weighted by atomic mass is 9.87. The minimum Gasteiger partial charge on any atom is -0.381 e. The fraction of sp³-hybridized carbons (Fsp3) is 0.281. The van der Waals surface area contributed by atoms with Gasteiger partial charge in [-0.15, -0.1) is 0 Å². The molecule has 0 bridgehead atoms. The van der Waals surface area contributed by atoms with Gasteiger partial charge in [-0.2, -0.15) is 0 Å². The van der Waals surface area contributed by atoms with Crippen molar-refractivity contribution in [2.24, 2.45) is 0 Å². The number of halogens is 1. The number of nitrogens with one attached hydrogen (secondary N) is 3. The fourth-order valence-corrected chi connectivity index (χ4v) is 6.00. The van der Waals surface area contributed by atoms with E-state index < -0.39 is 15.8 Å². The van der Waals surface area contributed by atoms with Crippen molar-refractivity contribution in [1.82, 2.24) is 10.3 Å². The largest absolute Gasteiger partial charge is 0.381 e. The summed E-state index contributed by atoms with van der Waals surface area (Å²) >= 11 is 0. The molecule has 0 spiro atoms. The molecule has 2 heterocycles. The second-order valence-electron chi connectivity index (χ2n) is 11.3. The van der Waals surface area contributed by atoms with E-state index in [0.29, 0.717) is 46.6 Å². The standard InChI is InChI=1S/C32H34FN3O4S/c1-32(2,3)22-7-10-26(11-8-22)41(38,39)36-25-9-12-28-27(20-25)31(21-5-4-6-23(33)19-21)29(35-28)13-14-30(37)34-24-15-17-40-18-16-24/h4-14,19-20,24,35-36H,15-18H2,1-3H3,(H,34,37)/b14-13+. The van der Waals surface area contributed by atoms with Crippen LogP contribution in [0.3, 0.4) is 0 Å². The van der Waals surface area contributed by atoms with Crippen LogP contribution in [0.15, 0.2) is 77.7 Å². The third-order valence-electron chi connectivity index (χ3n) is 7.19. The highest BCUT2D eigenvalue weighted by atomic mass is 32.2. The minimum absolute atomic E-state index is 0.0616. The van der Waals surface area contributed by atoms with Crippen molar-refractivity contribution in [3.05, 3.63) is 89.9 Å². The third-order valence-corrected chi connectivity index (χ3v) is 8.59. The zero-order chi connectivity index (χ0) is 29.2. The number of anilines is 1. The number of sulfonamides is 1. The second-order valence-corrected chi connectivity index (χ2v) is 13.0. The van der Waals surface area contributed by atoms with Gasteiger partial charge in [0.15, 0.2) is 0 Å². The quantitative estimate of drug-likeness (QED) is 0.223. The summed E-state index contributed by atoms with van der Waals surface area (Å²) in [5.74, 6) is -0.633. The Morgan fingerprint density at radius 3 is 2.44 bits per heavy atom. The maximum absolute atomic E-state index is 14.3. The molecular formula is C32H34FN3O4S. The molecule has 0 saturated carbocycles. The van der Waals surface area contributed by atoms with Crippen molar-refractivity contribution in [3.8, 4) is 11.1 Å². The SMILES string of the molecule is CC(C)(C)c1ccc(S(=O)(=O)Nc2ccc3[nH]c(/C=C/C(=O)NC4CCOCC4)c(-c4cccc(F)c4)c3c2)cc1. The second kappa shape index (κ2) is 11.5. The molecule has 9 heteroatoms. The first-order chi connectivity index (χ1) is 19.5. The van der Waals surface area contributed by atoms with E-state index in [0.717, 1.165) is 18.4 Å². The average molecular weight is 576 g/mol. The van der Waals surface area contributed by atoms with Gasteiger partial charge in [0.1, 0.15) is 5.82 Å². The maximum atomic E-state index is 14.3. The van der Waals surface area contributed by atoms with E-state index in [-0.39, 0.29) is 22.3 Å². The number of amides is 1. The normalized spacial score (nSPS) is 14.9. The zero-order valence-corrected chi connectivity index (χ0v) is 24.1. The molecule has 41 heavy (non-hydrogen) atoms. The molecule has 1 aromatic heterocycles. The lowest BCUT2D eigenvalue weighted by Gasteiger charge is -2.22. The first-order valence-corrected chi connectivity index (χ1v) is 15.1. The Kier molecular flexibility index (Phi) is 8.02. The number of carbonyl (C=O) groups excluding carboxylic acids is 1. The Morgan fingerprint density at radius 2 is 1.76 bits per heavy atom. The lowest BCUT2D eigenvalue weighted by Crippen LogP contribution is -2.37. The highest BCUT2D eigenvalue weighted by molar-refractivity contribution is 7.92. The monoisotopic (exact) mass is 575 g/mol. The Morgan fingerprint density at radius 1 is 1.02 bits per heavy atom. The first kappa shape index (κ1) is 28.6. The summed E-state index contributed by atoms with van der Waals surface area (Å²) in [6, 6.07) is 18.2. The van der Waals surface area contributed by atoms with E-state index in [4.69, 9.17) is 4.74 Å². The summed E-state index contributed by atoms with van der Waals surface area (Å²) < 4.78 is 48.7. The van der Waals surface area contributed by atoms with Crippen LogP contribution in [0.4, 0.5) is 10.1 Å². The molecular weight excluding hydrogens is 541 g/mol. The van der Waals surface area contributed by atoms with Gasteiger partial charge in [0, 0.05) is 53.2 Å².